The number of benzene rings is 2. The third-order valence-corrected chi connectivity index (χ3v) is 5.17. The number of amides is 1. The van der Waals surface area contributed by atoms with Crippen molar-refractivity contribution in [3.8, 4) is 0 Å². The summed E-state index contributed by atoms with van der Waals surface area (Å²) in [4.78, 5) is 19.7. The number of aromatic nitrogens is 2. The number of para-hydroxylation sites is 2. The summed E-state index contributed by atoms with van der Waals surface area (Å²) in [7, 11) is 0. The Labute approximate surface area is 172 Å². The highest BCUT2D eigenvalue weighted by atomic mass is 19.1. The zero-order valence-corrected chi connectivity index (χ0v) is 17.6. The Morgan fingerprint density at radius 1 is 1.14 bits per heavy atom. The molecule has 0 aliphatic rings. The molecule has 0 fully saturated rings. The van der Waals surface area contributed by atoms with Gasteiger partial charge in [0.2, 0.25) is 0 Å². The molecule has 4 nitrogen and oxygen atoms in total. The van der Waals surface area contributed by atoms with Crippen LogP contribution in [0.3, 0.4) is 0 Å². The lowest BCUT2D eigenvalue weighted by Gasteiger charge is -2.24. The Bertz CT molecular complexity index is 964. The van der Waals surface area contributed by atoms with Gasteiger partial charge in [-0.05, 0) is 43.0 Å². The topological polar surface area (TPSA) is 38.1 Å². The van der Waals surface area contributed by atoms with E-state index in [4.69, 9.17) is 4.98 Å². The Morgan fingerprint density at radius 2 is 1.86 bits per heavy atom. The van der Waals surface area contributed by atoms with E-state index in [9.17, 15) is 9.18 Å². The normalized spacial score (nSPS) is 11.3. The molecule has 0 saturated heterocycles. The predicted octanol–water partition coefficient (Wildman–Crippen LogP) is 5.66. The van der Waals surface area contributed by atoms with Crippen molar-refractivity contribution < 1.29 is 9.18 Å². The molecular weight excluding hydrogens is 365 g/mol. The second-order valence-corrected chi connectivity index (χ2v) is 7.91. The number of halogens is 1. The molecule has 1 amide bonds. The van der Waals surface area contributed by atoms with Crippen molar-refractivity contribution in [2.75, 3.05) is 6.54 Å². The Hall–Kier alpha value is -2.69. The Kier molecular flexibility index (Phi) is 7.02. The largest absolute Gasteiger partial charge is 0.331 e. The molecule has 0 atom stereocenters. The third kappa shape index (κ3) is 5.03. The number of fused-ring (bicyclic) bond motifs is 1. The molecule has 0 aliphatic heterocycles. The summed E-state index contributed by atoms with van der Waals surface area (Å²) in [5, 5.41) is 0. The van der Waals surface area contributed by atoms with E-state index in [0.29, 0.717) is 19.0 Å². The maximum absolute atomic E-state index is 14.3. The number of carbonyl (C=O) groups excluding carboxylic acids is 1. The zero-order valence-electron chi connectivity index (χ0n) is 17.6. The molecule has 3 aromatic rings. The number of carbonyl (C=O) groups is 1. The maximum atomic E-state index is 14.3. The SMILES string of the molecule is CCCCn1c(CN(CCC(C)C)C(=O)c2ccccc2F)nc2ccccc21. The Morgan fingerprint density at radius 3 is 2.59 bits per heavy atom. The molecule has 3 rings (SSSR count). The molecule has 0 radical (unpaired) electrons. The lowest BCUT2D eigenvalue weighted by Crippen LogP contribution is -2.34. The van der Waals surface area contributed by atoms with Gasteiger partial charge in [0.25, 0.3) is 5.91 Å². The lowest BCUT2D eigenvalue weighted by atomic mass is 10.1. The van der Waals surface area contributed by atoms with Crippen molar-refractivity contribution in [2.24, 2.45) is 5.92 Å². The van der Waals surface area contributed by atoms with Gasteiger partial charge in [-0.15, -0.1) is 0 Å². The number of rotatable bonds is 9. The van der Waals surface area contributed by atoms with Crippen molar-refractivity contribution in [2.45, 2.75) is 53.1 Å². The molecule has 0 bridgehead atoms. The van der Waals surface area contributed by atoms with Gasteiger partial charge in [0.15, 0.2) is 0 Å². The van der Waals surface area contributed by atoms with Crippen LogP contribution in [0.2, 0.25) is 0 Å². The number of unbranched alkanes of at least 4 members (excludes halogenated alkanes) is 1. The summed E-state index contributed by atoms with van der Waals surface area (Å²) in [5.74, 6) is 0.544. The minimum Gasteiger partial charge on any atom is -0.331 e. The van der Waals surface area contributed by atoms with E-state index in [1.807, 2.05) is 18.2 Å². The fourth-order valence-corrected chi connectivity index (χ4v) is 3.45. The number of nitrogens with zero attached hydrogens (tertiary/aromatic N) is 3. The maximum Gasteiger partial charge on any atom is 0.257 e. The lowest BCUT2D eigenvalue weighted by molar-refractivity contribution is 0.0724. The van der Waals surface area contributed by atoms with Gasteiger partial charge < -0.3 is 9.47 Å². The molecule has 1 aromatic heterocycles. The van der Waals surface area contributed by atoms with Crippen LogP contribution in [0, 0.1) is 11.7 Å². The van der Waals surface area contributed by atoms with Crippen LogP contribution >= 0.6 is 0 Å². The summed E-state index contributed by atoms with van der Waals surface area (Å²) < 4.78 is 16.5. The van der Waals surface area contributed by atoms with Gasteiger partial charge in [-0.2, -0.15) is 0 Å². The summed E-state index contributed by atoms with van der Waals surface area (Å²) in [6.07, 6.45) is 2.98. The van der Waals surface area contributed by atoms with E-state index >= 15 is 0 Å². The fourth-order valence-electron chi connectivity index (χ4n) is 3.45. The second-order valence-electron chi connectivity index (χ2n) is 7.91. The highest BCUT2D eigenvalue weighted by molar-refractivity contribution is 5.94. The van der Waals surface area contributed by atoms with E-state index in [2.05, 4.69) is 31.4 Å². The van der Waals surface area contributed by atoms with Gasteiger partial charge in [0, 0.05) is 13.1 Å². The molecule has 154 valence electrons. The van der Waals surface area contributed by atoms with Crippen LogP contribution in [0.4, 0.5) is 4.39 Å². The van der Waals surface area contributed by atoms with Crippen LogP contribution < -0.4 is 0 Å². The number of hydrogen-bond acceptors (Lipinski definition) is 2. The van der Waals surface area contributed by atoms with E-state index in [0.717, 1.165) is 42.7 Å². The quantitative estimate of drug-likeness (QED) is 0.469. The van der Waals surface area contributed by atoms with Crippen LogP contribution in [0.15, 0.2) is 48.5 Å². The van der Waals surface area contributed by atoms with Crippen LogP contribution in [0.5, 0.6) is 0 Å². The standard InChI is InChI=1S/C24H30FN3O/c1-4-5-15-28-22-13-9-8-12-21(22)26-23(28)17-27(16-14-18(2)3)24(29)19-10-6-7-11-20(19)25/h6-13,18H,4-5,14-17H2,1-3H3. The van der Waals surface area contributed by atoms with Gasteiger partial charge in [-0.3, -0.25) is 4.79 Å². The molecule has 0 unspecified atom stereocenters. The second kappa shape index (κ2) is 9.68. The summed E-state index contributed by atoms with van der Waals surface area (Å²) >= 11 is 0. The first kappa shape index (κ1) is 21.0. The third-order valence-electron chi connectivity index (χ3n) is 5.17. The highest BCUT2D eigenvalue weighted by Gasteiger charge is 2.22. The molecule has 29 heavy (non-hydrogen) atoms. The number of aryl methyl sites for hydroxylation is 1. The van der Waals surface area contributed by atoms with Gasteiger partial charge in [-0.25, -0.2) is 9.37 Å². The molecular formula is C24H30FN3O. The molecule has 0 aliphatic carbocycles. The first-order chi connectivity index (χ1) is 14.0. The van der Waals surface area contributed by atoms with Crippen molar-refractivity contribution >= 4 is 16.9 Å². The van der Waals surface area contributed by atoms with Crippen molar-refractivity contribution in [3.63, 3.8) is 0 Å². The average Bonchev–Trinajstić information content (AvgIpc) is 3.06. The van der Waals surface area contributed by atoms with Crippen LogP contribution in [0.1, 0.15) is 56.2 Å². The monoisotopic (exact) mass is 395 g/mol. The molecule has 2 aromatic carbocycles. The van der Waals surface area contributed by atoms with Gasteiger partial charge >= 0.3 is 0 Å². The smallest absolute Gasteiger partial charge is 0.257 e. The minimum atomic E-state index is -0.480. The van der Waals surface area contributed by atoms with Gasteiger partial charge in [0.05, 0.1) is 23.1 Å². The molecule has 5 heteroatoms. The van der Waals surface area contributed by atoms with Crippen molar-refractivity contribution in [1.82, 2.24) is 14.5 Å². The molecule has 0 spiro atoms. The van der Waals surface area contributed by atoms with E-state index in [1.54, 1.807) is 23.1 Å². The summed E-state index contributed by atoms with van der Waals surface area (Å²) in [6, 6.07) is 14.3. The fraction of sp³-hybridized carbons (Fsp3) is 0.417. The van der Waals surface area contributed by atoms with E-state index in [-0.39, 0.29) is 11.5 Å². The van der Waals surface area contributed by atoms with Crippen LogP contribution in [0.25, 0.3) is 11.0 Å². The predicted molar refractivity (Wildman–Crippen MR) is 115 cm³/mol. The first-order valence-corrected chi connectivity index (χ1v) is 10.5. The highest BCUT2D eigenvalue weighted by Crippen LogP contribution is 2.20. The Balaban J connectivity index is 1.95. The summed E-state index contributed by atoms with van der Waals surface area (Å²) in [6.45, 7) is 8.22. The summed E-state index contributed by atoms with van der Waals surface area (Å²) in [5.41, 5.74) is 2.13. The number of hydrogen-bond donors (Lipinski definition) is 0. The minimum absolute atomic E-state index is 0.118. The van der Waals surface area contributed by atoms with Gasteiger partial charge in [0.1, 0.15) is 11.6 Å². The average molecular weight is 396 g/mol. The molecule has 1 heterocycles. The molecule has 0 saturated carbocycles. The van der Waals surface area contributed by atoms with Crippen LogP contribution in [-0.4, -0.2) is 26.9 Å². The van der Waals surface area contributed by atoms with E-state index in [1.165, 1.54) is 6.07 Å². The number of imidazole rings is 1. The zero-order chi connectivity index (χ0) is 20.8. The van der Waals surface area contributed by atoms with Crippen molar-refractivity contribution in [3.05, 3.63) is 65.7 Å². The molecule has 0 N–H and O–H groups in total. The van der Waals surface area contributed by atoms with Crippen molar-refractivity contribution in [1.29, 1.82) is 0 Å². The van der Waals surface area contributed by atoms with Gasteiger partial charge in [-0.1, -0.05) is 51.5 Å². The van der Waals surface area contributed by atoms with Crippen LogP contribution in [-0.2, 0) is 13.1 Å². The first-order valence-electron chi connectivity index (χ1n) is 10.5. The van der Waals surface area contributed by atoms with E-state index < -0.39 is 5.82 Å².